The number of nitrogens with one attached hydrogen (secondary N) is 1. The number of carbonyl (C=O) groups is 2. The molecule has 0 saturated heterocycles. The lowest BCUT2D eigenvalue weighted by Crippen LogP contribution is -2.34. The Kier molecular flexibility index (Phi) is 6.50. The van der Waals surface area contributed by atoms with Crippen molar-refractivity contribution in [2.75, 3.05) is 7.05 Å². The molecule has 144 valence electrons. The number of nitrogens with zero attached hydrogens (tertiary/aromatic N) is 1. The van der Waals surface area contributed by atoms with Crippen LogP contribution in [0.4, 0.5) is 0 Å². The number of hydrogen-bond acceptors (Lipinski definition) is 3. The second kappa shape index (κ2) is 9.24. The van der Waals surface area contributed by atoms with Gasteiger partial charge in [-0.15, -0.1) is 0 Å². The largest absolute Gasteiger partial charge is 0.467 e. The molecule has 2 amide bonds. The van der Waals surface area contributed by atoms with Gasteiger partial charge in [0.05, 0.1) is 35.9 Å². The predicted octanol–water partition coefficient (Wildman–Crippen LogP) is 4.45. The van der Waals surface area contributed by atoms with Crippen LogP contribution in [0.2, 0.25) is 5.02 Å². The van der Waals surface area contributed by atoms with E-state index in [0.29, 0.717) is 22.9 Å². The lowest BCUT2D eigenvalue weighted by molar-refractivity contribution is -0.131. The zero-order valence-electron chi connectivity index (χ0n) is 15.5. The molecule has 1 aromatic heterocycles. The molecule has 0 fully saturated rings. The SMILES string of the molecule is CN(Cc1ccco1)C(=O)CC(NC(=O)c1ccccc1Cl)c1ccccc1. The summed E-state index contributed by atoms with van der Waals surface area (Å²) in [7, 11) is 1.71. The van der Waals surface area contributed by atoms with Crippen LogP contribution in [-0.2, 0) is 11.3 Å². The van der Waals surface area contributed by atoms with Gasteiger partial charge in [-0.2, -0.15) is 0 Å². The second-order valence-electron chi connectivity index (χ2n) is 6.45. The maximum atomic E-state index is 12.7. The Bertz CT molecular complexity index is 926. The Hall–Kier alpha value is -3.05. The summed E-state index contributed by atoms with van der Waals surface area (Å²) in [5.41, 5.74) is 1.23. The summed E-state index contributed by atoms with van der Waals surface area (Å²) in [6.07, 6.45) is 1.70. The van der Waals surface area contributed by atoms with Gasteiger partial charge in [-0.1, -0.05) is 54.1 Å². The molecule has 0 saturated carbocycles. The van der Waals surface area contributed by atoms with Crippen molar-refractivity contribution in [2.45, 2.75) is 19.0 Å². The molecule has 0 spiro atoms. The molecule has 1 unspecified atom stereocenters. The average molecular weight is 397 g/mol. The minimum absolute atomic E-state index is 0.107. The molecule has 5 nitrogen and oxygen atoms in total. The van der Waals surface area contributed by atoms with E-state index >= 15 is 0 Å². The fourth-order valence-electron chi connectivity index (χ4n) is 2.87. The van der Waals surface area contributed by atoms with Crippen molar-refractivity contribution >= 4 is 23.4 Å². The molecule has 0 aliphatic carbocycles. The first-order chi connectivity index (χ1) is 13.5. The Morgan fingerprint density at radius 3 is 2.43 bits per heavy atom. The summed E-state index contributed by atoms with van der Waals surface area (Å²) in [5, 5.41) is 3.31. The quantitative estimate of drug-likeness (QED) is 0.641. The van der Waals surface area contributed by atoms with Crippen LogP contribution in [-0.4, -0.2) is 23.8 Å². The van der Waals surface area contributed by atoms with Gasteiger partial charge < -0.3 is 14.6 Å². The average Bonchev–Trinajstić information content (AvgIpc) is 3.21. The van der Waals surface area contributed by atoms with E-state index in [-0.39, 0.29) is 18.2 Å². The van der Waals surface area contributed by atoms with E-state index in [2.05, 4.69) is 5.32 Å². The van der Waals surface area contributed by atoms with Crippen molar-refractivity contribution in [1.29, 1.82) is 0 Å². The summed E-state index contributed by atoms with van der Waals surface area (Å²) in [5.74, 6) is 0.276. The summed E-state index contributed by atoms with van der Waals surface area (Å²) in [4.78, 5) is 27.0. The molecule has 2 aromatic carbocycles. The molecule has 0 aliphatic rings. The number of amides is 2. The molecule has 6 heteroatoms. The molecular weight excluding hydrogens is 376 g/mol. The molecule has 0 radical (unpaired) electrons. The van der Waals surface area contributed by atoms with Crippen LogP contribution in [0.5, 0.6) is 0 Å². The predicted molar refractivity (Wildman–Crippen MR) is 108 cm³/mol. The zero-order valence-corrected chi connectivity index (χ0v) is 16.2. The van der Waals surface area contributed by atoms with Crippen LogP contribution in [0.15, 0.2) is 77.4 Å². The number of carbonyl (C=O) groups excluding carboxylic acids is 2. The molecule has 3 aromatic rings. The standard InChI is InChI=1S/C22H21ClN2O3/c1-25(15-17-10-7-13-28-17)21(26)14-20(16-8-3-2-4-9-16)24-22(27)18-11-5-6-12-19(18)23/h2-13,20H,14-15H2,1H3,(H,24,27). The Balaban J connectivity index is 1.75. The van der Waals surface area contributed by atoms with Crippen LogP contribution in [0.1, 0.15) is 34.1 Å². The molecule has 3 rings (SSSR count). The van der Waals surface area contributed by atoms with Crippen LogP contribution in [0, 0.1) is 0 Å². The van der Waals surface area contributed by atoms with E-state index in [4.69, 9.17) is 16.0 Å². The van der Waals surface area contributed by atoms with Crippen molar-refractivity contribution in [3.63, 3.8) is 0 Å². The fourth-order valence-corrected chi connectivity index (χ4v) is 3.10. The molecule has 0 aliphatic heterocycles. The highest BCUT2D eigenvalue weighted by Crippen LogP contribution is 2.21. The summed E-state index contributed by atoms with van der Waals surface area (Å²) < 4.78 is 5.30. The molecule has 1 atom stereocenters. The van der Waals surface area contributed by atoms with Crippen LogP contribution in [0.3, 0.4) is 0 Å². The topological polar surface area (TPSA) is 62.6 Å². The van der Waals surface area contributed by atoms with Gasteiger partial charge in [0.2, 0.25) is 5.91 Å². The third-order valence-corrected chi connectivity index (χ3v) is 4.73. The van der Waals surface area contributed by atoms with E-state index < -0.39 is 6.04 Å². The highest BCUT2D eigenvalue weighted by Gasteiger charge is 2.22. The lowest BCUT2D eigenvalue weighted by atomic mass is 10.0. The third kappa shape index (κ3) is 5.02. The molecular formula is C22H21ClN2O3. The van der Waals surface area contributed by atoms with Gasteiger partial charge in [0, 0.05) is 7.05 Å². The summed E-state index contributed by atoms with van der Waals surface area (Å²) in [6.45, 7) is 0.367. The minimum Gasteiger partial charge on any atom is -0.467 e. The minimum atomic E-state index is -0.475. The van der Waals surface area contributed by atoms with Crippen molar-refractivity contribution < 1.29 is 14.0 Å². The van der Waals surface area contributed by atoms with E-state index in [1.165, 1.54) is 0 Å². The van der Waals surface area contributed by atoms with Gasteiger partial charge in [0.15, 0.2) is 0 Å². The first-order valence-electron chi connectivity index (χ1n) is 8.91. The monoisotopic (exact) mass is 396 g/mol. The molecule has 1 N–H and O–H groups in total. The Morgan fingerprint density at radius 1 is 1.04 bits per heavy atom. The van der Waals surface area contributed by atoms with E-state index in [9.17, 15) is 9.59 Å². The summed E-state index contributed by atoms with van der Waals surface area (Å²) >= 11 is 6.14. The first kappa shape index (κ1) is 19.7. The molecule has 28 heavy (non-hydrogen) atoms. The Labute approximate surface area is 168 Å². The van der Waals surface area contributed by atoms with Gasteiger partial charge >= 0.3 is 0 Å². The first-order valence-corrected chi connectivity index (χ1v) is 9.29. The molecule has 1 heterocycles. The maximum Gasteiger partial charge on any atom is 0.253 e. The number of halogens is 1. The van der Waals surface area contributed by atoms with E-state index in [1.807, 2.05) is 36.4 Å². The normalized spacial score (nSPS) is 11.6. The van der Waals surface area contributed by atoms with Crippen molar-refractivity contribution in [3.05, 3.63) is 94.9 Å². The number of benzene rings is 2. The van der Waals surface area contributed by atoms with Crippen molar-refractivity contribution in [2.24, 2.45) is 0 Å². The smallest absolute Gasteiger partial charge is 0.253 e. The zero-order chi connectivity index (χ0) is 19.9. The summed E-state index contributed by atoms with van der Waals surface area (Å²) in [6, 6.07) is 19.4. The highest BCUT2D eigenvalue weighted by atomic mass is 35.5. The fraction of sp³-hybridized carbons (Fsp3) is 0.182. The van der Waals surface area contributed by atoms with Gasteiger partial charge in [0.25, 0.3) is 5.91 Å². The Morgan fingerprint density at radius 2 is 1.75 bits per heavy atom. The van der Waals surface area contributed by atoms with Gasteiger partial charge in [-0.05, 0) is 29.8 Å². The van der Waals surface area contributed by atoms with Crippen molar-refractivity contribution in [1.82, 2.24) is 10.2 Å². The van der Waals surface area contributed by atoms with Crippen molar-refractivity contribution in [3.8, 4) is 0 Å². The van der Waals surface area contributed by atoms with E-state index in [1.54, 1.807) is 48.5 Å². The van der Waals surface area contributed by atoms with Gasteiger partial charge in [0.1, 0.15) is 5.76 Å². The van der Waals surface area contributed by atoms with E-state index in [0.717, 1.165) is 5.56 Å². The van der Waals surface area contributed by atoms with Crippen LogP contribution >= 0.6 is 11.6 Å². The van der Waals surface area contributed by atoms with Gasteiger partial charge in [-0.3, -0.25) is 9.59 Å². The second-order valence-corrected chi connectivity index (χ2v) is 6.86. The van der Waals surface area contributed by atoms with Crippen LogP contribution < -0.4 is 5.32 Å². The van der Waals surface area contributed by atoms with Crippen LogP contribution in [0.25, 0.3) is 0 Å². The lowest BCUT2D eigenvalue weighted by Gasteiger charge is -2.23. The number of hydrogen-bond donors (Lipinski definition) is 1. The number of rotatable bonds is 7. The number of furan rings is 1. The third-order valence-electron chi connectivity index (χ3n) is 4.40. The maximum absolute atomic E-state index is 12.7. The van der Waals surface area contributed by atoms with Gasteiger partial charge in [-0.25, -0.2) is 0 Å². The highest BCUT2D eigenvalue weighted by molar-refractivity contribution is 6.33. The molecule has 0 bridgehead atoms.